The zero-order chi connectivity index (χ0) is 24.3. The molecule has 3 aromatic rings. The highest BCUT2D eigenvalue weighted by Crippen LogP contribution is 2.40. The van der Waals surface area contributed by atoms with Crippen LogP contribution >= 0.6 is 0 Å². The number of hydrogen-bond acceptors (Lipinski definition) is 7. The number of morpholine rings is 1. The fourth-order valence-corrected chi connectivity index (χ4v) is 5.12. The molecule has 2 atom stereocenters. The molecule has 9 heteroatoms. The summed E-state index contributed by atoms with van der Waals surface area (Å²) in [7, 11) is 5.11. The van der Waals surface area contributed by atoms with Gasteiger partial charge < -0.3 is 28.6 Å². The van der Waals surface area contributed by atoms with Crippen LogP contribution in [0.5, 0.6) is 11.5 Å². The summed E-state index contributed by atoms with van der Waals surface area (Å²) in [4.78, 5) is 33.7. The third-order valence-electron chi connectivity index (χ3n) is 6.76. The minimum absolute atomic E-state index is 0.178. The van der Waals surface area contributed by atoms with Crippen molar-refractivity contribution in [1.82, 2.24) is 14.5 Å². The Morgan fingerprint density at radius 2 is 1.97 bits per heavy atom. The molecular formula is C26H26N4O5. The topological polar surface area (TPSA) is 86.1 Å². The summed E-state index contributed by atoms with van der Waals surface area (Å²) < 4.78 is 19.3. The molecule has 180 valence electrons. The van der Waals surface area contributed by atoms with Gasteiger partial charge >= 0.3 is 6.09 Å². The first-order valence-corrected chi connectivity index (χ1v) is 11.7. The number of carbonyl (C=O) groups is 2. The minimum atomic E-state index is -0.562. The van der Waals surface area contributed by atoms with Crippen molar-refractivity contribution in [2.75, 3.05) is 32.1 Å². The molecule has 2 saturated heterocycles. The lowest BCUT2D eigenvalue weighted by Crippen LogP contribution is -2.42. The van der Waals surface area contributed by atoms with E-state index in [2.05, 4.69) is 9.88 Å². The van der Waals surface area contributed by atoms with E-state index in [-0.39, 0.29) is 35.1 Å². The Morgan fingerprint density at radius 1 is 1.20 bits per heavy atom. The molecule has 2 bridgehead atoms. The van der Waals surface area contributed by atoms with Gasteiger partial charge in [-0.05, 0) is 37.1 Å². The van der Waals surface area contributed by atoms with Gasteiger partial charge in [-0.2, -0.15) is 0 Å². The van der Waals surface area contributed by atoms with Crippen LogP contribution in [0.25, 0.3) is 17.1 Å². The summed E-state index contributed by atoms with van der Waals surface area (Å²) in [6.07, 6.45) is 7.64. The van der Waals surface area contributed by atoms with Gasteiger partial charge in [-0.15, -0.1) is 0 Å². The van der Waals surface area contributed by atoms with E-state index in [1.165, 1.54) is 4.90 Å². The number of ether oxygens (including phenoxy) is 3. The first-order valence-electron chi connectivity index (χ1n) is 11.7. The number of rotatable bonds is 3. The van der Waals surface area contributed by atoms with Crippen LogP contribution in [0.2, 0.25) is 0 Å². The molecule has 0 spiro atoms. The van der Waals surface area contributed by atoms with E-state index in [1.54, 1.807) is 38.4 Å². The van der Waals surface area contributed by atoms with Crippen molar-refractivity contribution in [3.8, 4) is 11.5 Å². The van der Waals surface area contributed by atoms with E-state index in [4.69, 9.17) is 14.2 Å². The van der Waals surface area contributed by atoms with Crippen molar-refractivity contribution in [2.24, 2.45) is 7.05 Å². The van der Waals surface area contributed by atoms with Crippen molar-refractivity contribution in [1.29, 1.82) is 0 Å². The maximum absolute atomic E-state index is 13.3. The largest absolute Gasteiger partial charge is 0.452 e. The average Bonchev–Trinajstić information content (AvgIpc) is 3.47. The van der Waals surface area contributed by atoms with Crippen molar-refractivity contribution in [2.45, 2.75) is 25.0 Å². The van der Waals surface area contributed by atoms with Crippen LogP contribution in [0.3, 0.4) is 0 Å². The van der Waals surface area contributed by atoms with Crippen LogP contribution in [0.4, 0.5) is 10.5 Å². The number of aryl methyl sites for hydroxylation is 1. The third kappa shape index (κ3) is 3.63. The van der Waals surface area contributed by atoms with E-state index in [1.807, 2.05) is 30.1 Å². The quantitative estimate of drug-likeness (QED) is 0.536. The van der Waals surface area contributed by atoms with Gasteiger partial charge in [0.1, 0.15) is 22.7 Å². The molecule has 2 aromatic heterocycles. The molecule has 35 heavy (non-hydrogen) atoms. The van der Waals surface area contributed by atoms with E-state index in [0.29, 0.717) is 5.75 Å². The number of anilines is 1. The molecule has 2 unspecified atom stereocenters. The third-order valence-corrected chi connectivity index (χ3v) is 6.76. The van der Waals surface area contributed by atoms with E-state index < -0.39 is 6.09 Å². The first kappa shape index (κ1) is 21.7. The number of benzene rings is 1. The highest BCUT2D eigenvalue weighted by Gasteiger charge is 2.35. The Morgan fingerprint density at radius 3 is 2.71 bits per heavy atom. The van der Waals surface area contributed by atoms with Gasteiger partial charge in [0, 0.05) is 57.6 Å². The Balaban J connectivity index is 1.39. The molecule has 0 aliphatic carbocycles. The number of carbonyl (C=O) groups excluding carboxylic acids is 2. The zero-order valence-electron chi connectivity index (χ0n) is 19.9. The number of pyridine rings is 1. The number of hydrogen-bond donors (Lipinski definition) is 0. The number of Topliss-reactive ketones (excluding diaryl/α,β-unsaturated/α-hetero) is 1. The van der Waals surface area contributed by atoms with Crippen LogP contribution in [-0.4, -0.2) is 65.7 Å². The summed E-state index contributed by atoms with van der Waals surface area (Å²) in [5, 5.41) is 0.968. The molecule has 5 heterocycles. The number of nitrogens with zero attached hydrogens (tertiary/aromatic N) is 4. The summed E-state index contributed by atoms with van der Waals surface area (Å²) in [5.41, 5.74) is 2.99. The van der Waals surface area contributed by atoms with E-state index in [9.17, 15) is 9.59 Å². The molecule has 6 rings (SSSR count). The molecule has 0 N–H and O–H groups in total. The van der Waals surface area contributed by atoms with Crippen LogP contribution in [0, 0.1) is 0 Å². The summed E-state index contributed by atoms with van der Waals surface area (Å²) in [6.45, 7) is 1.67. The van der Waals surface area contributed by atoms with Gasteiger partial charge in [-0.3, -0.25) is 4.79 Å². The molecular weight excluding hydrogens is 448 g/mol. The van der Waals surface area contributed by atoms with Crippen molar-refractivity contribution in [3.05, 3.63) is 53.5 Å². The van der Waals surface area contributed by atoms with Crippen molar-refractivity contribution >= 4 is 34.7 Å². The maximum Gasteiger partial charge on any atom is 0.414 e. The normalized spacial score (nSPS) is 22.0. The van der Waals surface area contributed by atoms with Gasteiger partial charge in [0.2, 0.25) is 5.78 Å². The lowest BCUT2D eigenvalue weighted by molar-refractivity contribution is 0.0306. The fraction of sp³-hybridized carbons (Fsp3) is 0.346. The fourth-order valence-electron chi connectivity index (χ4n) is 5.12. The second kappa shape index (κ2) is 8.13. The molecule has 1 aromatic carbocycles. The number of aromatic nitrogens is 2. The smallest absolute Gasteiger partial charge is 0.414 e. The van der Waals surface area contributed by atoms with Crippen LogP contribution in [0.15, 0.2) is 42.4 Å². The lowest BCUT2D eigenvalue weighted by atomic mass is 10.1. The standard InChI is InChI=1S/C26H26N4O5/c1-28(2)26(32)35-20-6-4-5-19-23(20)24(31)21(34-19)11-15-12-29(3)25-22(15)18(9-10-27-25)30-13-16-7-8-17(14-30)33-16/h4-6,9-12,16-17H,7-8,13-14H2,1-3H3/b21-11-. The second-order valence-corrected chi connectivity index (χ2v) is 9.42. The Labute approximate surface area is 202 Å². The molecule has 1 amide bonds. The number of ketones is 1. The van der Waals surface area contributed by atoms with Gasteiger partial charge in [-0.1, -0.05) is 6.07 Å². The molecule has 0 saturated carbocycles. The average molecular weight is 475 g/mol. The summed E-state index contributed by atoms with van der Waals surface area (Å²) in [6, 6.07) is 7.01. The van der Waals surface area contributed by atoms with Crippen LogP contribution in [-0.2, 0) is 11.8 Å². The predicted octanol–water partition coefficient (Wildman–Crippen LogP) is 3.62. The Bertz CT molecular complexity index is 1380. The van der Waals surface area contributed by atoms with Gasteiger partial charge in [-0.25, -0.2) is 9.78 Å². The first-order chi connectivity index (χ1) is 16.9. The van der Waals surface area contributed by atoms with Crippen LogP contribution < -0.4 is 14.4 Å². The van der Waals surface area contributed by atoms with Gasteiger partial charge in [0.15, 0.2) is 5.76 Å². The molecule has 9 nitrogen and oxygen atoms in total. The number of allylic oxidation sites excluding steroid dienone is 1. The second-order valence-electron chi connectivity index (χ2n) is 9.42. The van der Waals surface area contributed by atoms with Gasteiger partial charge in [0.05, 0.1) is 17.9 Å². The number of amides is 1. The Hall–Kier alpha value is -3.85. The van der Waals surface area contributed by atoms with Gasteiger partial charge in [0.25, 0.3) is 0 Å². The molecule has 2 fully saturated rings. The SMILES string of the molecule is CN(C)C(=O)Oc1cccc2c1C(=O)/C(=C/c1cn(C)c3nccc(N4CC5CCC(C4)O5)c13)O2. The van der Waals surface area contributed by atoms with E-state index in [0.717, 1.165) is 48.2 Å². The van der Waals surface area contributed by atoms with E-state index >= 15 is 0 Å². The van der Waals surface area contributed by atoms with Crippen molar-refractivity contribution < 1.29 is 23.8 Å². The lowest BCUT2D eigenvalue weighted by Gasteiger charge is -2.34. The molecule has 3 aliphatic rings. The minimum Gasteiger partial charge on any atom is -0.452 e. The van der Waals surface area contributed by atoms with Crippen LogP contribution in [0.1, 0.15) is 28.8 Å². The highest BCUT2D eigenvalue weighted by atomic mass is 16.6. The summed E-state index contributed by atoms with van der Waals surface area (Å²) >= 11 is 0. The maximum atomic E-state index is 13.3. The summed E-state index contributed by atoms with van der Waals surface area (Å²) in [5.74, 6) is 0.402. The highest BCUT2D eigenvalue weighted by molar-refractivity contribution is 6.17. The molecule has 0 radical (unpaired) electrons. The Kier molecular flexibility index (Phi) is 5.03. The van der Waals surface area contributed by atoms with Crippen molar-refractivity contribution in [3.63, 3.8) is 0 Å². The monoisotopic (exact) mass is 474 g/mol. The predicted molar refractivity (Wildman–Crippen MR) is 130 cm³/mol. The zero-order valence-corrected chi connectivity index (χ0v) is 19.9. The molecule has 3 aliphatic heterocycles. The number of fused-ring (bicyclic) bond motifs is 4.